The van der Waals surface area contributed by atoms with E-state index in [0.717, 1.165) is 5.56 Å². The number of hydrogen-bond donors (Lipinski definition) is 1. The molecule has 0 spiro atoms. The van der Waals surface area contributed by atoms with Crippen LogP contribution in [0.1, 0.15) is 25.2 Å². The van der Waals surface area contributed by atoms with Crippen LogP contribution in [0.25, 0.3) is 11.3 Å². The highest BCUT2D eigenvalue weighted by molar-refractivity contribution is 5.76. The number of nitrogens with zero attached hydrogens (tertiary/aromatic N) is 2. The third-order valence-corrected chi connectivity index (χ3v) is 3.47. The fourth-order valence-electron chi connectivity index (χ4n) is 2.16. The van der Waals surface area contributed by atoms with Crippen molar-refractivity contribution in [3.05, 3.63) is 42.4 Å². The molecule has 0 saturated heterocycles. The molecule has 1 aromatic carbocycles. The van der Waals surface area contributed by atoms with Crippen molar-refractivity contribution in [2.75, 3.05) is 13.6 Å². The van der Waals surface area contributed by atoms with E-state index in [4.69, 9.17) is 9.52 Å². The Morgan fingerprint density at radius 1 is 1.22 bits per heavy atom. The molecule has 0 atom stereocenters. The van der Waals surface area contributed by atoms with Gasteiger partial charge in [-0.05, 0) is 6.42 Å². The lowest BCUT2D eigenvalue weighted by Gasteiger charge is -2.15. The van der Waals surface area contributed by atoms with Crippen LogP contribution >= 0.6 is 0 Å². The summed E-state index contributed by atoms with van der Waals surface area (Å²) in [6.07, 6.45) is 2.89. The highest BCUT2D eigenvalue weighted by atomic mass is 16.4. The van der Waals surface area contributed by atoms with Crippen LogP contribution in [-0.2, 0) is 16.0 Å². The molecule has 1 heterocycles. The second-order valence-corrected chi connectivity index (χ2v) is 5.30. The Hall–Kier alpha value is -2.63. The predicted molar refractivity (Wildman–Crippen MR) is 84.8 cm³/mol. The van der Waals surface area contributed by atoms with Gasteiger partial charge in [0.05, 0.1) is 6.20 Å². The topological polar surface area (TPSA) is 83.6 Å². The molecular weight excluding hydrogens is 296 g/mol. The van der Waals surface area contributed by atoms with Gasteiger partial charge in [-0.3, -0.25) is 9.59 Å². The van der Waals surface area contributed by atoms with E-state index in [1.807, 2.05) is 30.3 Å². The molecule has 0 aliphatic rings. The van der Waals surface area contributed by atoms with E-state index in [1.165, 1.54) is 0 Å². The summed E-state index contributed by atoms with van der Waals surface area (Å²) in [7, 11) is 1.68. The smallest absolute Gasteiger partial charge is 0.303 e. The van der Waals surface area contributed by atoms with E-state index < -0.39 is 5.97 Å². The van der Waals surface area contributed by atoms with Crippen LogP contribution in [0.3, 0.4) is 0 Å². The van der Waals surface area contributed by atoms with Gasteiger partial charge in [-0.25, -0.2) is 4.98 Å². The highest BCUT2D eigenvalue weighted by Crippen LogP contribution is 2.20. The van der Waals surface area contributed by atoms with Crippen molar-refractivity contribution >= 4 is 11.9 Å². The molecule has 0 radical (unpaired) electrons. The summed E-state index contributed by atoms with van der Waals surface area (Å²) in [5.41, 5.74) is 0.948. The lowest BCUT2D eigenvalue weighted by molar-refractivity contribution is -0.138. The second-order valence-electron chi connectivity index (χ2n) is 5.30. The number of aromatic nitrogens is 1. The van der Waals surface area contributed by atoms with Crippen LogP contribution in [0.2, 0.25) is 0 Å². The molecule has 0 aliphatic heterocycles. The van der Waals surface area contributed by atoms with Crippen molar-refractivity contribution in [3.63, 3.8) is 0 Å². The van der Waals surface area contributed by atoms with E-state index in [1.54, 1.807) is 18.1 Å². The number of carbonyl (C=O) groups is 2. The molecule has 122 valence electrons. The van der Waals surface area contributed by atoms with Gasteiger partial charge < -0.3 is 14.4 Å². The molecule has 2 rings (SSSR count). The number of benzene rings is 1. The zero-order valence-electron chi connectivity index (χ0n) is 13.1. The Balaban J connectivity index is 1.80. The van der Waals surface area contributed by atoms with E-state index in [9.17, 15) is 9.59 Å². The molecule has 23 heavy (non-hydrogen) atoms. The van der Waals surface area contributed by atoms with Crippen LogP contribution in [-0.4, -0.2) is 40.5 Å². The van der Waals surface area contributed by atoms with E-state index in [0.29, 0.717) is 31.0 Å². The van der Waals surface area contributed by atoms with Crippen molar-refractivity contribution in [1.29, 1.82) is 0 Å². The summed E-state index contributed by atoms with van der Waals surface area (Å²) in [4.78, 5) is 28.2. The number of carbonyl (C=O) groups excluding carboxylic acids is 1. The molecular formula is C17H20N2O4. The quantitative estimate of drug-likeness (QED) is 0.809. The van der Waals surface area contributed by atoms with E-state index in [2.05, 4.69) is 4.98 Å². The second kappa shape index (κ2) is 8.12. The Kier molecular flexibility index (Phi) is 5.91. The van der Waals surface area contributed by atoms with Gasteiger partial charge in [-0.15, -0.1) is 0 Å². The van der Waals surface area contributed by atoms with Crippen LogP contribution < -0.4 is 0 Å². The number of amides is 1. The summed E-state index contributed by atoms with van der Waals surface area (Å²) in [6.45, 7) is 0.436. The Morgan fingerprint density at radius 3 is 2.65 bits per heavy atom. The third-order valence-electron chi connectivity index (χ3n) is 3.47. The first-order chi connectivity index (χ1) is 11.1. The van der Waals surface area contributed by atoms with Crippen molar-refractivity contribution < 1.29 is 19.1 Å². The highest BCUT2D eigenvalue weighted by Gasteiger charge is 2.12. The minimum atomic E-state index is -0.848. The van der Waals surface area contributed by atoms with Crippen molar-refractivity contribution in [2.24, 2.45) is 0 Å². The maximum atomic E-state index is 12.0. The van der Waals surface area contributed by atoms with Crippen LogP contribution in [0, 0.1) is 0 Å². The monoisotopic (exact) mass is 316 g/mol. The predicted octanol–water partition coefficient (Wildman–Crippen LogP) is 2.60. The molecule has 0 bridgehead atoms. The van der Waals surface area contributed by atoms with Crippen LogP contribution in [0.4, 0.5) is 0 Å². The first-order valence-corrected chi connectivity index (χ1v) is 7.52. The summed E-state index contributed by atoms with van der Waals surface area (Å²) < 4.78 is 5.65. The number of aliphatic carboxylic acids is 1. The van der Waals surface area contributed by atoms with E-state index >= 15 is 0 Å². The molecule has 1 N–H and O–H groups in total. The van der Waals surface area contributed by atoms with Gasteiger partial charge in [-0.2, -0.15) is 0 Å². The molecule has 1 amide bonds. The normalized spacial score (nSPS) is 10.5. The molecule has 0 unspecified atom stereocenters. The summed E-state index contributed by atoms with van der Waals surface area (Å²) in [5, 5.41) is 8.59. The lowest BCUT2D eigenvalue weighted by Crippen LogP contribution is -2.28. The number of hydrogen-bond acceptors (Lipinski definition) is 4. The maximum absolute atomic E-state index is 12.0. The maximum Gasteiger partial charge on any atom is 0.303 e. The van der Waals surface area contributed by atoms with Crippen molar-refractivity contribution in [1.82, 2.24) is 9.88 Å². The largest absolute Gasteiger partial charge is 0.481 e. The SMILES string of the molecule is CN(CCCC(=O)O)C(=O)CCc1ncc(-c2ccccc2)o1. The number of carboxylic acids is 1. The molecule has 6 heteroatoms. The summed E-state index contributed by atoms with van der Waals surface area (Å²) >= 11 is 0. The molecule has 0 aliphatic carbocycles. The van der Waals surface area contributed by atoms with Gasteiger partial charge in [0.2, 0.25) is 5.91 Å². The third kappa shape index (κ3) is 5.25. The Labute approximate surface area is 134 Å². The van der Waals surface area contributed by atoms with Crippen LogP contribution in [0.5, 0.6) is 0 Å². The number of rotatable bonds is 8. The average Bonchev–Trinajstić information content (AvgIpc) is 3.02. The van der Waals surface area contributed by atoms with E-state index in [-0.39, 0.29) is 18.7 Å². The fraction of sp³-hybridized carbons (Fsp3) is 0.353. The van der Waals surface area contributed by atoms with Crippen molar-refractivity contribution in [3.8, 4) is 11.3 Å². The zero-order valence-corrected chi connectivity index (χ0v) is 13.1. The zero-order chi connectivity index (χ0) is 16.7. The van der Waals surface area contributed by atoms with Crippen LogP contribution in [0.15, 0.2) is 40.9 Å². The molecule has 1 aromatic heterocycles. The van der Waals surface area contributed by atoms with Gasteiger partial charge >= 0.3 is 5.97 Å². The minimum absolute atomic E-state index is 0.0464. The molecule has 0 fully saturated rings. The first kappa shape index (κ1) is 16.7. The minimum Gasteiger partial charge on any atom is -0.481 e. The molecule has 0 saturated carbocycles. The number of oxazole rings is 1. The molecule has 2 aromatic rings. The Morgan fingerprint density at radius 2 is 1.96 bits per heavy atom. The van der Waals surface area contributed by atoms with Gasteiger partial charge in [-0.1, -0.05) is 30.3 Å². The van der Waals surface area contributed by atoms with Gasteiger partial charge in [0, 0.05) is 38.4 Å². The Bertz CT molecular complexity index is 652. The average molecular weight is 316 g/mol. The number of carboxylic acid groups (broad SMARTS) is 1. The lowest BCUT2D eigenvalue weighted by atomic mass is 10.2. The first-order valence-electron chi connectivity index (χ1n) is 7.52. The van der Waals surface area contributed by atoms with Crippen molar-refractivity contribution in [2.45, 2.75) is 25.7 Å². The van der Waals surface area contributed by atoms with Gasteiger partial charge in [0.1, 0.15) is 0 Å². The summed E-state index contributed by atoms with van der Waals surface area (Å²) in [6, 6.07) is 9.65. The number of aryl methyl sites for hydroxylation is 1. The standard InChI is InChI=1S/C17H20N2O4/c1-19(11-5-8-17(21)22)16(20)10-9-15-18-12-14(23-15)13-6-3-2-4-7-13/h2-4,6-7,12H,5,8-11H2,1H3,(H,21,22). The fourth-order valence-corrected chi connectivity index (χ4v) is 2.16. The molecule has 6 nitrogen and oxygen atoms in total. The van der Waals surface area contributed by atoms with Gasteiger partial charge in [0.25, 0.3) is 0 Å². The summed E-state index contributed by atoms with van der Waals surface area (Å²) in [5.74, 6) is 0.313. The van der Waals surface area contributed by atoms with Gasteiger partial charge in [0.15, 0.2) is 11.7 Å².